The van der Waals surface area contributed by atoms with E-state index in [1.807, 2.05) is 0 Å². The molecule has 1 aromatic rings. The van der Waals surface area contributed by atoms with Crippen LogP contribution in [0.5, 0.6) is 0 Å². The van der Waals surface area contributed by atoms with Crippen LogP contribution in [-0.4, -0.2) is 11.1 Å². The molecule has 1 rings (SSSR count). The molecule has 0 saturated carbocycles. The van der Waals surface area contributed by atoms with E-state index in [1.54, 1.807) is 19.1 Å². The average molecular weight is 252 g/mol. The maximum absolute atomic E-state index is 13.3. The molecule has 1 N–H and O–H groups in total. The van der Waals surface area contributed by atoms with E-state index < -0.39 is 5.97 Å². The molecule has 100 valence electrons. The monoisotopic (exact) mass is 252 g/mol. The quantitative estimate of drug-likeness (QED) is 0.826. The molecule has 0 aliphatic heterocycles. The molecule has 1 unspecified atom stereocenters. The lowest BCUT2D eigenvalue weighted by atomic mass is 9.80. The van der Waals surface area contributed by atoms with Gasteiger partial charge in [-0.1, -0.05) is 38.8 Å². The molecule has 0 saturated heterocycles. The van der Waals surface area contributed by atoms with E-state index in [2.05, 4.69) is 13.8 Å². The minimum atomic E-state index is -0.797. The first-order valence-electron chi connectivity index (χ1n) is 6.47. The van der Waals surface area contributed by atoms with Gasteiger partial charge in [-0.15, -0.1) is 0 Å². The molecule has 3 heteroatoms. The van der Waals surface area contributed by atoms with Gasteiger partial charge < -0.3 is 5.11 Å². The van der Waals surface area contributed by atoms with E-state index in [-0.39, 0.29) is 18.2 Å². The summed E-state index contributed by atoms with van der Waals surface area (Å²) < 4.78 is 13.3. The highest BCUT2D eigenvalue weighted by molar-refractivity contribution is 5.68. The van der Waals surface area contributed by atoms with Gasteiger partial charge >= 0.3 is 5.97 Å². The number of carbonyl (C=O) groups is 1. The first-order chi connectivity index (χ1) is 8.49. The minimum Gasteiger partial charge on any atom is -0.481 e. The zero-order chi connectivity index (χ0) is 13.7. The largest absolute Gasteiger partial charge is 0.481 e. The van der Waals surface area contributed by atoms with E-state index in [9.17, 15) is 9.18 Å². The second kappa shape index (κ2) is 6.53. The molecule has 0 aliphatic carbocycles. The van der Waals surface area contributed by atoms with Crippen LogP contribution >= 0.6 is 0 Å². The molecule has 1 atom stereocenters. The first kappa shape index (κ1) is 14.7. The summed E-state index contributed by atoms with van der Waals surface area (Å²) in [4.78, 5) is 11.0. The lowest BCUT2D eigenvalue weighted by Gasteiger charge is -2.24. The van der Waals surface area contributed by atoms with E-state index in [0.717, 1.165) is 18.4 Å². The van der Waals surface area contributed by atoms with Crippen LogP contribution < -0.4 is 0 Å². The van der Waals surface area contributed by atoms with Crippen LogP contribution in [-0.2, 0) is 4.79 Å². The molecule has 2 nitrogen and oxygen atoms in total. The number of rotatable bonds is 6. The van der Waals surface area contributed by atoms with Crippen molar-refractivity contribution in [2.75, 3.05) is 0 Å². The third-order valence-corrected chi connectivity index (χ3v) is 3.62. The van der Waals surface area contributed by atoms with Crippen LogP contribution in [0.25, 0.3) is 0 Å². The van der Waals surface area contributed by atoms with E-state index >= 15 is 0 Å². The Hall–Kier alpha value is -1.38. The van der Waals surface area contributed by atoms with Gasteiger partial charge in [0.2, 0.25) is 0 Å². The van der Waals surface area contributed by atoms with E-state index in [1.165, 1.54) is 6.07 Å². The highest BCUT2D eigenvalue weighted by atomic mass is 19.1. The van der Waals surface area contributed by atoms with Gasteiger partial charge in [0.05, 0.1) is 6.42 Å². The SMILES string of the molecule is CCC(CC)C(CC(=O)O)c1ccc(F)c(C)c1. The van der Waals surface area contributed by atoms with Gasteiger partial charge in [-0.05, 0) is 36.0 Å². The topological polar surface area (TPSA) is 37.3 Å². The third kappa shape index (κ3) is 3.56. The molecule has 18 heavy (non-hydrogen) atoms. The van der Waals surface area contributed by atoms with Gasteiger partial charge in [-0.2, -0.15) is 0 Å². The Morgan fingerprint density at radius 1 is 1.33 bits per heavy atom. The van der Waals surface area contributed by atoms with Gasteiger partial charge in [0.15, 0.2) is 0 Å². The smallest absolute Gasteiger partial charge is 0.303 e. The molecule has 0 heterocycles. The number of hydrogen-bond acceptors (Lipinski definition) is 1. The molecule has 0 bridgehead atoms. The molecule has 0 aliphatic rings. The molecule has 0 fully saturated rings. The Balaban J connectivity index is 3.07. The lowest BCUT2D eigenvalue weighted by molar-refractivity contribution is -0.137. The van der Waals surface area contributed by atoms with Gasteiger partial charge in [0, 0.05) is 0 Å². The predicted molar refractivity (Wildman–Crippen MR) is 70.2 cm³/mol. The maximum atomic E-state index is 13.3. The maximum Gasteiger partial charge on any atom is 0.303 e. The molecular weight excluding hydrogens is 231 g/mol. The number of aryl methyl sites for hydroxylation is 1. The van der Waals surface area contributed by atoms with Crippen molar-refractivity contribution < 1.29 is 14.3 Å². The standard InChI is InChI=1S/C15H21FO2/c1-4-11(5-2)13(9-15(17)18)12-6-7-14(16)10(3)8-12/h6-8,11,13H,4-5,9H2,1-3H3,(H,17,18). The van der Waals surface area contributed by atoms with Gasteiger partial charge in [0.1, 0.15) is 5.82 Å². The van der Waals surface area contributed by atoms with Crippen molar-refractivity contribution >= 4 is 5.97 Å². The van der Waals surface area contributed by atoms with Crippen LogP contribution in [0.1, 0.15) is 50.2 Å². The minimum absolute atomic E-state index is 0.0307. The number of hydrogen-bond donors (Lipinski definition) is 1. The fourth-order valence-corrected chi connectivity index (χ4v) is 2.50. The highest BCUT2D eigenvalue weighted by Gasteiger charge is 2.23. The summed E-state index contributed by atoms with van der Waals surface area (Å²) in [5, 5.41) is 9.03. The van der Waals surface area contributed by atoms with Gasteiger partial charge in [-0.25, -0.2) is 4.39 Å². The summed E-state index contributed by atoms with van der Waals surface area (Å²) in [5.41, 5.74) is 1.51. The molecule has 0 radical (unpaired) electrons. The summed E-state index contributed by atoms with van der Waals surface area (Å²) in [6, 6.07) is 4.93. The summed E-state index contributed by atoms with van der Waals surface area (Å²) in [6.07, 6.45) is 1.98. The average Bonchev–Trinajstić information content (AvgIpc) is 2.32. The Bertz CT molecular complexity index is 411. The summed E-state index contributed by atoms with van der Waals surface area (Å²) in [7, 11) is 0. The highest BCUT2D eigenvalue weighted by Crippen LogP contribution is 2.33. The van der Waals surface area contributed by atoms with Crippen LogP contribution in [0.3, 0.4) is 0 Å². The summed E-state index contributed by atoms with van der Waals surface area (Å²) >= 11 is 0. The predicted octanol–water partition coefficient (Wildman–Crippen LogP) is 4.13. The van der Waals surface area contributed by atoms with Gasteiger partial charge in [-0.3, -0.25) is 4.79 Å². The Morgan fingerprint density at radius 3 is 2.39 bits per heavy atom. The van der Waals surface area contributed by atoms with Crippen molar-refractivity contribution in [2.45, 2.75) is 46.0 Å². The number of benzene rings is 1. The van der Waals surface area contributed by atoms with Crippen molar-refractivity contribution in [3.05, 3.63) is 35.1 Å². The van der Waals surface area contributed by atoms with Crippen molar-refractivity contribution in [2.24, 2.45) is 5.92 Å². The summed E-state index contributed by atoms with van der Waals surface area (Å²) in [6.45, 7) is 5.85. The van der Waals surface area contributed by atoms with Crippen LogP contribution in [0, 0.1) is 18.7 Å². The van der Waals surface area contributed by atoms with Crippen LogP contribution in [0.2, 0.25) is 0 Å². The molecule has 0 spiro atoms. The molecule has 0 amide bonds. The number of carboxylic acid groups (broad SMARTS) is 1. The normalized spacial score (nSPS) is 12.7. The fraction of sp³-hybridized carbons (Fsp3) is 0.533. The lowest BCUT2D eigenvalue weighted by Crippen LogP contribution is -2.16. The number of aliphatic carboxylic acids is 1. The Morgan fingerprint density at radius 2 is 1.94 bits per heavy atom. The van der Waals surface area contributed by atoms with Crippen molar-refractivity contribution in [1.29, 1.82) is 0 Å². The third-order valence-electron chi connectivity index (χ3n) is 3.62. The van der Waals surface area contributed by atoms with Crippen molar-refractivity contribution in [3.8, 4) is 0 Å². The van der Waals surface area contributed by atoms with Crippen LogP contribution in [0.15, 0.2) is 18.2 Å². The van der Waals surface area contributed by atoms with Gasteiger partial charge in [0.25, 0.3) is 0 Å². The first-order valence-corrected chi connectivity index (χ1v) is 6.47. The molecule has 1 aromatic carbocycles. The van der Waals surface area contributed by atoms with E-state index in [4.69, 9.17) is 5.11 Å². The van der Waals surface area contributed by atoms with Crippen molar-refractivity contribution in [3.63, 3.8) is 0 Å². The molecular formula is C15H21FO2. The zero-order valence-corrected chi connectivity index (χ0v) is 11.2. The summed E-state index contributed by atoms with van der Waals surface area (Å²) in [5.74, 6) is -0.742. The Labute approximate surface area is 108 Å². The number of carboxylic acids is 1. The number of halogens is 1. The van der Waals surface area contributed by atoms with Crippen LogP contribution in [0.4, 0.5) is 4.39 Å². The van der Waals surface area contributed by atoms with Crippen molar-refractivity contribution in [1.82, 2.24) is 0 Å². The second-order valence-electron chi connectivity index (χ2n) is 4.79. The molecule has 0 aromatic heterocycles. The second-order valence-corrected chi connectivity index (χ2v) is 4.79. The van der Waals surface area contributed by atoms with E-state index in [0.29, 0.717) is 11.5 Å². The Kier molecular flexibility index (Phi) is 5.32. The zero-order valence-electron chi connectivity index (χ0n) is 11.2. The fourth-order valence-electron chi connectivity index (χ4n) is 2.50.